The summed E-state index contributed by atoms with van der Waals surface area (Å²) in [4.78, 5) is 10.9. The smallest absolute Gasteiger partial charge is 0.307 e. The van der Waals surface area contributed by atoms with E-state index < -0.39 is 0 Å². The van der Waals surface area contributed by atoms with E-state index in [1.165, 1.54) is 7.11 Å². The third-order valence-corrected chi connectivity index (χ3v) is 3.98. The molecule has 2 N–H and O–H groups in total. The minimum atomic E-state index is -0.287. The zero-order chi connectivity index (χ0) is 19.0. The third-order valence-electron chi connectivity index (χ3n) is 3.98. The summed E-state index contributed by atoms with van der Waals surface area (Å²) in [6.07, 6.45) is 3.60. The number of carbonyl (C=O) groups is 1. The van der Waals surface area contributed by atoms with E-state index in [0.29, 0.717) is 46.2 Å². The average molecular weight is 376 g/mol. The fourth-order valence-corrected chi connectivity index (χ4v) is 2.61. The molecule has 0 heterocycles. The van der Waals surface area contributed by atoms with Crippen molar-refractivity contribution >= 4 is 5.97 Å². The molecule has 2 atom stereocenters. The molecule has 0 fully saturated rings. The fourth-order valence-electron chi connectivity index (χ4n) is 2.61. The molecular weight excluding hydrogens is 344 g/mol. The van der Waals surface area contributed by atoms with E-state index in [9.17, 15) is 15.0 Å². The van der Waals surface area contributed by atoms with Crippen molar-refractivity contribution in [2.45, 2.75) is 25.4 Å². The lowest BCUT2D eigenvalue weighted by Crippen LogP contribution is -2.25. The van der Waals surface area contributed by atoms with Crippen molar-refractivity contribution in [1.82, 2.24) is 0 Å². The molecule has 8 heteroatoms. The highest BCUT2D eigenvalue weighted by molar-refractivity contribution is 5.69. The van der Waals surface area contributed by atoms with Crippen molar-refractivity contribution in [2.24, 2.45) is 5.92 Å². The molecule has 0 aromatic carbocycles. The lowest BCUT2D eigenvalue weighted by atomic mass is 9.88. The van der Waals surface area contributed by atoms with Crippen LogP contribution >= 0.6 is 0 Å². The Balaban J connectivity index is 1.91. The van der Waals surface area contributed by atoms with Crippen molar-refractivity contribution < 1.29 is 38.7 Å². The first-order chi connectivity index (χ1) is 12.7. The summed E-state index contributed by atoms with van der Waals surface area (Å²) < 4.78 is 26.2. The normalized spacial score (nSPS) is 20.0. The van der Waals surface area contributed by atoms with Gasteiger partial charge in [0.05, 0.1) is 72.5 Å². The van der Waals surface area contributed by atoms with E-state index in [0.717, 1.165) is 18.4 Å². The van der Waals surface area contributed by atoms with Gasteiger partial charge in [-0.1, -0.05) is 6.08 Å². The molecule has 0 aromatic rings. The first-order valence-corrected chi connectivity index (χ1v) is 9.02. The number of hydrogen-bond acceptors (Lipinski definition) is 8. The zero-order valence-corrected chi connectivity index (χ0v) is 15.6. The Bertz CT molecular complexity index is 399. The molecule has 0 saturated carbocycles. The maximum atomic E-state index is 10.9. The molecule has 26 heavy (non-hydrogen) atoms. The van der Waals surface area contributed by atoms with Crippen LogP contribution in [0.1, 0.15) is 19.3 Å². The van der Waals surface area contributed by atoms with Gasteiger partial charge in [-0.05, 0) is 24.3 Å². The van der Waals surface area contributed by atoms with Gasteiger partial charge in [0.15, 0.2) is 0 Å². The largest absolute Gasteiger partial charge is 0.469 e. The Hall–Kier alpha value is -1.03. The number of hydrogen-bond donors (Lipinski definition) is 2. The van der Waals surface area contributed by atoms with Gasteiger partial charge >= 0.3 is 5.97 Å². The fraction of sp³-hybridized carbons (Fsp3) is 0.833. The van der Waals surface area contributed by atoms with Crippen molar-refractivity contribution in [2.75, 3.05) is 66.6 Å². The minimum Gasteiger partial charge on any atom is -0.469 e. The van der Waals surface area contributed by atoms with Crippen LogP contribution in [0.2, 0.25) is 0 Å². The zero-order valence-electron chi connectivity index (χ0n) is 15.6. The first kappa shape index (κ1) is 23.0. The molecule has 8 nitrogen and oxygen atoms in total. The quantitative estimate of drug-likeness (QED) is 0.239. The van der Waals surface area contributed by atoms with Crippen LogP contribution in [-0.4, -0.2) is 88.9 Å². The number of rotatable bonds is 15. The minimum absolute atomic E-state index is 0.0105. The molecule has 0 spiro atoms. The number of aliphatic hydroxyl groups is 2. The molecule has 152 valence electrons. The summed E-state index contributed by atoms with van der Waals surface area (Å²) in [5.74, 6) is -0.138. The molecule has 0 saturated heterocycles. The van der Waals surface area contributed by atoms with E-state index in [4.69, 9.17) is 18.9 Å². The second-order valence-corrected chi connectivity index (χ2v) is 6.04. The molecule has 0 unspecified atom stereocenters. The van der Waals surface area contributed by atoms with Gasteiger partial charge in [-0.2, -0.15) is 0 Å². The van der Waals surface area contributed by atoms with Gasteiger partial charge in [-0.3, -0.25) is 4.79 Å². The average Bonchev–Trinajstić information content (AvgIpc) is 2.68. The van der Waals surface area contributed by atoms with Crippen LogP contribution in [-0.2, 0) is 28.5 Å². The van der Waals surface area contributed by atoms with Crippen molar-refractivity contribution in [3.8, 4) is 0 Å². The van der Waals surface area contributed by atoms with E-state index in [-0.39, 0.29) is 37.6 Å². The lowest BCUT2D eigenvalue weighted by molar-refractivity contribution is -0.141. The van der Waals surface area contributed by atoms with Crippen molar-refractivity contribution in [1.29, 1.82) is 0 Å². The Kier molecular flexibility index (Phi) is 13.3. The van der Waals surface area contributed by atoms with E-state index in [1.807, 2.05) is 6.08 Å². The number of ether oxygens (including phenoxy) is 5. The molecule has 0 amide bonds. The molecule has 1 rings (SSSR count). The molecule has 0 bridgehead atoms. The van der Waals surface area contributed by atoms with Crippen LogP contribution in [0.3, 0.4) is 0 Å². The molecule has 0 aromatic heterocycles. The van der Waals surface area contributed by atoms with Gasteiger partial charge in [0.1, 0.15) is 0 Å². The van der Waals surface area contributed by atoms with Crippen LogP contribution in [0, 0.1) is 5.92 Å². The van der Waals surface area contributed by atoms with Crippen LogP contribution in [0.15, 0.2) is 11.6 Å². The summed E-state index contributed by atoms with van der Waals surface area (Å²) in [7, 11) is 1.35. The Morgan fingerprint density at radius 3 is 2.23 bits per heavy atom. The monoisotopic (exact) mass is 376 g/mol. The molecule has 0 aliphatic heterocycles. The summed E-state index contributed by atoms with van der Waals surface area (Å²) in [5.41, 5.74) is 0.920. The summed E-state index contributed by atoms with van der Waals surface area (Å²) >= 11 is 0. The number of carbonyl (C=O) groups excluding carboxylic acids is 1. The third kappa shape index (κ3) is 10.8. The number of methoxy groups -OCH3 is 1. The summed E-state index contributed by atoms with van der Waals surface area (Å²) in [6.45, 7) is 3.16. The van der Waals surface area contributed by atoms with E-state index in [1.54, 1.807) is 0 Å². The van der Waals surface area contributed by atoms with Gasteiger partial charge < -0.3 is 33.9 Å². The highest BCUT2D eigenvalue weighted by Crippen LogP contribution is 2.25. The Morgan fingerprint density at radius 2 is 1.65 bits per heavy atom. The molecule has 1 aliphatic carbocycles. The lowest BCUT2D eigenvalue weighted by Gasteiger charge is -2.26. The van der Waals surface area contributed by atoms with Gasteiger partial charge in [-0.25, -0.2) is 0 Å². The molecule has 1 aliphatic rings. The Morgan fingerprint density at radius 1 is 1.04 bits per heavy atom. The van der Waals surface area contributed by atoms with Crippen LogP contribution in [0.25, 0.3) is 0 Å². The van der Waals surface area contributed by atoms with Gasteiger partial charge in [0, 0.05) is 6.61 Å². The summed E-state index contributed by atoms with van der Waals surface area (Å²) in [5, 5.41) is 18.5. The highest BCUT2D eigenvalue weighted by atomic mass is 16.6. The van der Waals surface area contributed by atoms with Gasteiger partial charge in [0.2, 0.25) is 0 Å². The number of esters is 1. The maximum absolute atomic E-state index is 10.9. The van der Waals surface area contributed by atoms with Crippen molar-refractivity contribution in [3.05, 3.63) is 11.6 Å². The standard InChI is InChI=1S/C18H32O8/c1-22-18(21)2-3-23-4-5-24-6-7-25-8-9-26-17-11-15(13-19)10-16(12-17)14-20/h11,16-17,19-20H,2-10,12-14H2,1H3/t16-,17+/m0/s1. The second-order valence-electron chi connectivity index (χ2n) is 6.04. The molecular formula is C18H32O8. The topological polar surface area (TPSA) is 104 Å². The predicted molar refractivity (Wildman–Crippen MR) is 93.8 cm³/mol. The van der Waals surface area contributed by atoms with Crippen LogP contribution in [0.4, 0.5) is 0 Å². The van der Waals surface area contributed by atoms with Crippen molar-refractivity contribution in [3.63, 3.8) is 0 Å². The van der Waals surface area contributed by atoms with Gasteiger partial charge in [-0.15, -0.1) is 0 Å². The van der Waals surface area contributed by atoms with Crippen LogP contribution in [0.5, 0.6) is 0 Å². The highest BCUT2D eigenvalue weighted by Gasteiger charge is 2.21. The first-order valence-electron chi connectivity index (χ1n) is 9.02. The molecule has 0 radical (unpaired) electrons. The van der Waals surface area contributed by atoms with Gasteiger partial charge in [0.25, 0.3) is 0 Å². The van der Waals surface area contributed by atoms with E-state index in [2.05, 4.69) is 4.74 Å². The predicted octanol–water partition coefficient (Wildman–Crippen LogP) is 0.306. The summed E-state index contributed by atoms with van der Waals surface area (Å²) in [6, 6.07) is 0. The maximum Gasteiger partial charge on any atom is 0.307 e. The Labute approximate surface area is 155 Å². The SMILES string of the molecule is COC(=O)CCOCCOCCOCCO[C@@H]1C=C(CO)C[C@H](CO)C1. The second kappa shape index (κ2) is 15.1. The van der Waals surface area contributed by atoms with E-state index >= 15 is 0 Å². The number of aliphatic hydroxyl groups excluding tert-OH is 2. The van der Waals surface area contributed by atoms with Crippen LogP contribution < -0.4 is 0 Å².